The molecule has 2 aromatic rings. The third-order valence-electron chi connectivity index (χ3n) is 2.76. The Hall–Kier alpha value is -1.66. The van der Waals surface area contributed by atoms with Crippen LogP contribution in [-0.2, 0) is 0 Å². The van der Waals surface area contributed by atoms with Gasteiger partial charge in [0.1, 0.15) is 0 Å². The first-order chi connectivity index (χ1) is 9.97. The van der Waals surface area contributed by atoms with Gasteiger partial charge in [-0.2, -0.15) is 0 Å². The van der Waals surface area contributed by atoms with Gasteiger partial charge < -0.3 is 9.94 Å². The van der Waals surface area contributed by atoms with Crippen molar-refractivity contribution in [3.8, 4) is 5.75 Å². The maximum atomic E-state index is 10.7. The number of hydrogen-bond acceptors (Lipinski definition) is 3. The van der Waals surface area contributed by atoms with Crippen molar-refractivity contribution in [1.29, 1.82) is 0 Å². The molecular weight excluding hydrogens is 402 g/mol. The lowest BCUT2D eigenvalue weighted by molar-refractivity contribution is 0.0697. The molecule has 0 aliphatic rings. The highest BCUT2D eigenvalue weighted by atomic mass is 79.9. The number of oxime groups is 1. The number of rotatable bonds is 4. The van der Waals surface area contributed by atoms with Crippen molar-refractivity contribution >= 4 is 44.0 Å². The Labute approximate surface area is 138 Å². The smallest absolute Gasteiger partial charge is 0.335 e. The fourth-order valence-corrected chi connectivity index (χ4v) is 2.77. The predicted octanol–water partition coefficient (Wildman–Crippen LogP) is 4.63. The molecule has 0 fully saturated rings. The molecule has 0 saturated heterocycles. The van der Waals surface area contributed by atoms with Crippen molar-refractivity contribution in [2.45, 2.75) is 6.92 Å². The normalized spacial score (nSPS) is 10.8. The molecule has 0 atom stereocenters. The van der Waals surface area contributed by atoms with Gasteiger partial charge in [-0.05, 0) is 54.4 Å². The monoisotopic (exact) mass is 411 g/mol. The molecule has 0 unspecified atom stereocenters. The van der Waals surface area contributed by atoms with Crippen LogP contribution in [-0.4, -0.2) is 17.3 Å². The van der Waals surface area contributed by atoms with Gasteiger partial charge in [0.2, 0.25) is 0 Å². The Morgan fingerprint density at radius 1 is 1.19 bits per heavy atom. The zero-order chi connectivity index (χ0) is 15.4. The van der Waals surface area contributed by atoms with Crippen LogP contribution < -0.4 is 4.84 Å². The van der Waals surface area contributed by atoms with E-state index in [1.54, 1.807) is 18.3 Å². The summed E-state index contributed by atoms with van der Waals surface area (Å²) >= 11 is 6.93. The molecular formula is C15H11Br2NO3. The number of halogens is 2. The topological polar surface area (TPSA) is 58.9 Å². The van der Waals surface area contributed by atoms with Crippen molar-refractivity contribution in [3.05, 3.63) is 62.0 Å². The molecule has 0 aliphatic carbocycles. The van der Waals surface area contributed by atoms with E-state index in [0.717, 1.165) is 20.1 Å². The lowest BCUT2D eigenvalue weighted by atomic mass is 10.2. The van der Waals surface area contributed by atoms with E-state index < -0.39 is 5.97 Å². The highest BCUT2D eigenvalue weighted by Gasteiger charge is 2.03. The summed E-state index contributed by atoms with van der Waals surface area (Å²) in [5.74, 6) is -0.499. The highest BCUT2D eigenvalue weighted by molar-refractivity contribution is 9.11. The Bertz CT molecular complexity index is 674. The summed E-state index contributed by atoms with van der Waals surface area (Å²) in [7, 11) is 0. The van der Waals surface area contributed by atoms with Crippen LogP contribution in [0.5, 0.6) is 5.75 Å². The molecule has 0 bridgehead atoms. The number of nitrogens with zero attached hydrogens (tertiary/aromatic N) is 1. The van der Waals surface area contributed by atoms with Gasteiger partial charge in [0.25, 0.3) is 0 Å². The summed E-state index contributed by atoms with van der Waals surface area (Å²) in [5.41, 5.74) is 2.19. The Kier molecular flexibility index (Phi) is 5.14. The van der Waals surface area contributed by atoms with Crippen LogP contribution in [0.4, 0.5) is 0 Å². The summed E-state index contributed by atoms with van der Waals surface area (Å²) < 4.78 is 1.95. The maximum absolute atomic E-state index is 10.7. The predicted molar refractivity (Wildman–Crippen MR) is 88.2 cm³/mol. The molecule has 2 rings (SSSR count). The summed E-state index contributed by atoms with van der Waals surface area (Å²) in [5, 5.41) is 12.7. The van der Waals surface area contributed by atoms with E-state index in [4.69, 9.17) is 9.94 Å². The van der Waals surface area contributed by atoms with Gasteiger partial charge in [0, 0.05) is 8.95 Å². The highest BCUT2D eigenvalue weighted by Crippen LogP contribution is 2.25. The van der Waals surface area contributed by atoms with Gasteiger partial charge in [-0.25, -0.2) is 4.79 Å². The zero-order valence-electron chi connectivity index (χ0n) is 11.0. The van der Waals surface area contributed by atoms with Gasteiger partial charge in [-0.15, -0.1) is 0 Å². The maximum Gasteiger partial charge on any atom is 0.335 e. The average Bonchev–Trinajstić information content (AvgIpc) is 2.45. The summed E-state index contributed by atoms with van der Waals surface area (Å²) in [6.07, 6.45) is 1.58. The van der Waals surface area contributed by atoms with Crippen molar-refractivity contribution < 1.29 is 14.7 Å². The molecule has 1 N–H and O–H groups in total. The quantitative estimate of drug-likeness (QED) is 0.588. The Morgan fingerprint density at radius 3 is 2.29 bits per heavy atom. The molecule has 0 amide bonds. The Balaban J connectivity index is 2.07. The molecule has 0 aliphatic heterocycles. The van der Waals surface area contributed by atoms with Crippen LogP contribution >= 0.6 is 31.9 Å². The minimum Gasteiger partial charge on any atom is -0.478 e. The second kappa shape index (κ2) is 6.87. The van der Waals surface area contributed by atoms with Crippen LogP contribution in [0.1, 0.15) is 21.5 Å². The number of hydrogen-bond donors (Lipinski definition) is 1. The third-order valence-corrected chi connectivity index (χ3v) is 4.41. The fraction of sp³-hybridized carbons (Fsp3) is 0.0667. The number of benzene rings is 2. The molecule has 4 nitrogen and oxygen atoms in total. The number of carbonyl (C=O) groups is 1. The molecule has 21 heavy (non-hydrogen) atoms. The van der Waals surface area contributed by atoms with Gasteiger partial charge in [-0.1, -0.05) is 37.0 Å². The van der Waals surface area contributed by atoms with Crippen molar-refractivity contribution in [2.75, 3.05) is 0 Å². The molecule has 2 aromatic carbocycles. The fourth-order valence-electron chi connectivity index (χ4n) is 1.55. The van der Waals surface area contributed by atoms with E-state index in [-0.39, 0.29) is 5.56 Å². The van der Waals surface area contributed by atoms with Crippen molar-refractivity contribution in [2.24, 2.45) is 5.16 Å². The number of carboxylic acid groups (broad SMARTS) is 1. The van der Waals surface area contributed by atoms with Crippen LogP contribution in [0.3, 0.4) is 0 Å². The first kappa shape index (κ1) is 15.7. The first-order valence-corrected chi connectivity index (χ1v) is 7.55. The third kappa shape index (κ3) is 4.15. The minimum atomic E-state index is -0.973. The van der Waals surface area contributed by atoms with Gasteiger partial charge in [0.05, 0.1) is 11.8 Å². The SMILES string of the molecule is Cc1c(Br)cc(/C=N\Oc2ccc(C(=O)O)cc2)cc1Br. The van der Waals surface area contributed by atoms with E-state index in [1.165, 1.54) is 12.1 Å². The number of carboxylic acids is 1. The minimum absolute atomic E-state index is 0.206. The van der Waals surface area contributed by atoms with Crippen LogP contribution in [0.25, 0.3) is 0 Å². The first-order valence-electron chi connectivity index (χ1n) is 5.97. The van der Waals surface area contributed by atoms with Crippen molar-refractivity contribution in [3.63, 3.8) is 0 Å². The number of aromatic carboxylic acids is 1. The molecule has 0 aromatic heterocycles. The molecule has 108 valence electrons. The largest absolute Gasteiger partial charge is 0.478 e. The summed E-state index contributed by atoms with van der Waals surface area (Å²) in [4.78, 5) is 15.9. The molecule has 0 spiro atoms. The standard InChI is InChI=1S/C15H11Br2NO3/c1-9-13(16)6-10(7-14(9)17)8-18-21-12-4-2-11(3-5-12)15(19)20/h2-8H,1H3,(H,19,20)/b18-8-. The molecule has 0 radical (unpaired) electrons. The van der Waals surface area contributed by atoms with Gasteiger partial charge in [-0.3, -0.25) is 0 Å². The second-order valence-corrected chi connectivity index (χ2v) is 5.97. The molecule has 6 heteroatoms. The van der Waals surface area contributed by atoms with E-state index in [1.807, 2.05) is 19.1 Å². The zero-order valence-corrected chi connectivity index (χ0v) is 14.2. The second-order valence-electron chi connectivity index (χ2n) is 4.26. The molecule has 0 heterocycles. The van der Waals surface area contributed by atoms with E-state index in [0.29, 0.717) is 5.75 Å². The summed E-state index contributed by atoms with van der Waals surface area (Å²) in [6.45, 7) is 2.00. The lowest BCUT2D eigenvalue weighted by Gasteiger charge is -2.03. The van der Waals surface area contributed by atoms with Crippen LogP contribution in [0.15, 0.2) is 50.5 Å². The average molecular weight is 413 g/mol. The van der Waals surface area contributed by atoms with E-state index >= 15 is 0 Å². The van der Waals surface area contributed by atoms with Crippen LogP contribution in [0, 0.1) is 6.92 Å². The Morgan fingerprint density at radius 2 is 1.76 bits per heavy atom. The van der Waals surface area contributed by atoms with Crippen LogP contribution in [0.2, 0.25) is 0 Å². The summed E-state index contributed by atoms with van der Waals surface area (Å²) in [6, 6.07) is 9.91. The lowest BCUT2D eigenvalue weighted by Crippen LogP contribution is -1.95. The molecule has 0 saturated carbocycles. The van der Waals surface area contributed by atoms with E-state index in [9.17, 15) is 4.79 Å². The van der Waals surface area contributed by atoms with Crippen molar-refractivity contribution in [1.82, 2.24) is 0 Å². The van der Waals surface area contributed by atoms with Gasteiger partial charge >= 0.3 is 5.97 Å². The van der Waals surface area contributed by atoms with Gasteiger partial charge in [0.15, 0.2) is 5.75 Å². The van der Waals surface area contributed by atoms with E-state index in [2.05, 4.69) is 37.0 Å².